The van der Waals surface area contributed by atoms with Gasteiger partial charge in [0.1, 0.15) is 12.4 Å². The average molecular weight is 595 g/mol. The van der Waals surface area contributed by atoms with Gasteiger partial charge in [0, 0.05) is 16.5 Å². The summed E-state index contributed by atoms with van der Waals surface area (Å²) in [7, 11) is 0. The Morgan fingerprint density at radius 3 is 2.63 bits per heavy atom. The third kappa shape index (κ3) is 5.79. The summed E-state index contributed by atoms with van der Waals surface area (Å²) in [6.45, 7) is 2.69. The van der Waals surface area contributed by atoms with Crippen LogP contribution >= 0.6 is 27.5 Å². The highest BCUT2D eigenvalue weighted by Gasteiger charge is 2.22. The molecule has 0 atom stereocenters. The molecule has 0 spiro atoms. The maximum absolute atomic E-state index is 13.5. The first-order valence-electron chi connectivity index (χ1n) is 12.9. The predicted octanol–water partition coefficient (Wildman–Crippen LogP) is 7.72. The lowest BCUT2D eigenvalue weighted by Gasteiger charge is -2.22. The van der Waals surface area contributed by atoms with Gasteiger partial charge in [-0.1, -0.05) is 61.2 Å². The highest BCUT2D eigenvalue weighted by Crippen LogP contribution is 2.38. The Balaban J connectivity index is 1.50. The van der Waals surface area contributed by atoms with Gasteiger partial charge in [-0.15, -0.1) is 0 Å². The van der Waals surface area contributed by atoms with Gasteiger partial charge in [-0.3, -0.25) is 4.79 Å². The number of ether oxygens (including phenoxy) is 2. The molecule has 0 bridgehead atoms. The van der Waals surface area contributed by atoms with Crippen LogP contribution in [0.3, 0.4) is 0 Å². The first-order valence-corrected chi connectivity index (χ1v) is 14.1. The summed E-state index contributed by atoms with van der Waals surface area (Å²) in [6, 6.07) is 18.8. The smallest absolute Gasteiger partial charge is 0.282 e. The van der Waals surface area contributed by atoms with Crippen molar-refractivity contribution < 1.29 is 9.47 Å². The lowest BCUT2D eigenvalue weighted by molar-refractivity contribution is 0.267. The Bertz CT molecular complexity index is 1530. The summed E-state index contributed by atoms with van der Waals surface area (Å²) in [5.41, 5.74) is 2.20. The standard InChI is InChI=1S/C30H29BrClN3O3/c1-2-37-27-17-20(16-24(31)28(27)38-19-22-12-6-8-14-25(22)32)18-33-35-29(21-10-4-3-5-11-21)34-26-15-9-7-13-23(26)30(35)36/h6-9,12-18,21H,2-5,10-11,19H2,1H3. The molecule has 0 amide bonds. The van der Waals surface area contributed by atoms with Gasteiger partial charge >= 0.3 is 0 Å². The number of aromatic nitrogens is 2. The van der Waals surface area contributed by atoms with E-state index >= 15 is 0 Å². The van der Waals surface area contributed by atoms with Crippen molar-refractivity contribution in [2.75, 3.05) is 6.61 Å². The molecule has 4 aromatic rings. The van der Waals surface area contributed by atoms with Gasteiger partial charge in [0.15, 0.2) is 11.5 Å². The van der Waals surface area contributed by atoms with Crippen LogP contribution in [0.4, 0.5) is 0 Å². The summed E-state index contributed by atoms with van der Waals surface area (Å²) >= 11 is 9.93. The summed E-state index contributed by atoms with van der Waals surface area (Å²) in [5.74, 6) is 2.10. The van der Waals surface area contributed by atoms with Crippen LogP contribution in [-0.2, 0) is 6.61 Å². The molecule has 1 aromatic heterocycles. The van der Waals surface area contributed by atoms with E-state index in [1.54, 1.807) is 12.3 Å². The summed E-state index contributed by atoms with van der Waals surface area (Å²) in [6.07, 6.45) is 7.19. The van der Waals surface area contributed by atoms with Crippen molar-refractivity contribution in [3.63, 3.8) is 0 Å². The second-order valence-electron chi connectivity index (χ2n) is 9.33. The fourth-order valence-corrected chi connectivity index (χ4v) is 5.60. The van der Waals surface area contributed by atoms with Crippen molar-refractivity contribution in [3.8, 4) is 11.5 Å². The van der Waals surface area contributed by atoms with Crippen LogP contribution in [0.5, 0.6) is 11.5 Å². The molecule has 196 valence electrons. The largest absolute Gasteiger partial charge is 0.490 e. The number of benzene rings is 3. The van der Waals surface area contributed by atoms with Gasteiger partial charge in [-0.05, 0) is 71.6 Å². The minimum absolute atomic E-state index is 0.156. The molecule has 38 heavy (non-hydrogen) atoms. The quantitative estimate of drug-likeness (QED) is 0.196. The van der Waals surface area contributed by atoms with E-state index in [1.807, 2.05) is 61.5 Å². The van der Waals surface area contributed by atoms with E-state index in [9.17, 15) is 4.79 Å². The van der Waals surface area contributed by atoms with E-state index in [-0.39, 0.29) is 11.5 Å². The Labute approximate surface area is 235 Å². The van der Waals surface area contributed by atoms with E-state index in [1.165, 1.54) is 11.1 Å². The lowest BCUT2D eigenvalue weighted by atomic mass is 9.88. The third-order valence-electron chi connectivity index (χ3n) is 6.73. The van der Waals surface area contributed by atoms with Gasteiger partial charge < -0.3 is 9.47 Å². The van der Waals surface area contributed by atoms with E-state index in [0.717, 1.165) is 42.6 Å². The van der Waals surface area contributed by atoms with E-state index in [2.05, 4.69) is 21.0 Å². The normalized spacial score (nSPS) is 14.3. The van der Waals surface area contributed by atoms with Gasteiger partial charge in [0.2, 0.25) is 0 Å². The number of hydrogen-bond acceptors (Lipinski definition) is 5. The molecule has 1 heterocycles. The van der Waals surface area contributed by atoms with Gasteiger partial charge in [0.05, 0.1) is 28.2 Å². The first kappa shape index (κ1) is 26.4. The zero-order valence-electron chi connectivity index (χ0n) is 21.2. The highest BCUT2D eigenvalue weighted by atomic mass is 79.9. The molecule has 3 aromatic carbocycles. The number of fused-ring (bicyclic) bond motifs is 1. The van der Waals surface area contributed by atoms with Crippen LogP contribution in [0.2, 0.25) is 5.02 Å². The zero-order valence-corrected chi connectivity index (χ0v) is 23.5. The lowest BCUT2D eigenvalue weighted by Crippen LogP contribution is -2.25. The SMILES string of the molecule is CCOc1cc(C=Nn2c(C3CCCCC3)nc3ccccc3c2=O)cc(Br)c1OCc1ccccc1Cl. The van der Waals surface area contributed by atoms with Crippen molar-refractivity contribution in [2.45, 2.75) is 51.6 Å². The number of rotatable bonds is 8. The molecule has 0 N–H and O–H groups in total. The van der Waals surface area contributed by atoms with Crippen molar-refractivity contribution >= 4 is 44.6 Å². The van der Waals surface area contributed by atoms with Gasteiger partial charge in [-0.25, -0.2) is 4.98 Å². The van der Waals surface area contributed by atoms with Crippen LogP contribution in [0, 0.1) is 0 Å². The topological polar surface area (TPSA) is 65.7 Å². The van der Waals surface area contributed by atoms with E-state index < -0.39 is 0 Å². The molecular formula is C30H29BrClN3O3. The van der Waals surface area contributed by atoms with Crippen LogP contribution in [0.25, 0.3) is 10.9 Å². The molecule has 0 unspecified atom stereocenters. The molecule has 8 heteroatoms. The van der Waals surface area contributed by atoms with Crippen molar-refractivity contribution in [2.24, 2.45) is 5.10 Å². The second-order valence-corrected chi connectivity index (χ2v) is 10.6. The molecule has 1 fully saturated rings. The number of nitrogens with zero attached hydrogens (tertiary/aromatic N) is 3. The maximum Gasteiger partial charge on any atom is 0.282 e. The Morgan fingerprint density at radius 1 is 1.08 bits per heavy atom. The molecule has 6 nitrogen and oxygen atoms in total. The monoisotopic (exact) mass is 593 g/mol. The molecule has 1 saturated carbocycles. The summed E-state index contributed by atoms with van der Waals surface area (Å²) in [5, 5.41) is 5.87. The fourth-order valence-electron chi connectivity index (χ4n) is 4.83. The molecular weight excluding hydrogens is 566 g/mol. The Morgan fingerprint density at radius 2 is 1.84 bits per heavy atom. The van der Waals surface area contributed by atoms with Crippen molar-refractivity contribution in [3.05, 3.63) is 97.5 Å². The maximum atomic E-state index is 13.5. The molecule has 0 saturated heterocycles. The minimum atomic E-state index is -0.156. The Kier molecular flexibility index (Phi) is 8.45. The summed E-state index contributed by atoms with van der Waals surface area (Å²) < 4.78 is 14.2. The zero-order chi connectivity index (χ0) is 26.5. The number of halogens is 2. The minimum Gasteiger partial charge on any atom is -0.490 e. The Hall–Kier alpha value is -3.16. The van der Waals surface area contributed by atoms with Crippen molar-refractivity contribution in [1.82, 2.24) is 9.66 Å². The number of hydrogen-bond donors (Lipinski definition) is 0. The van der Waals surface area contributed by atoms with Crippen LogP contribution in [0.1, 0.15) is 61.9 Å². The first-order chi connectivity index (χ1) is 18.5. The average Bonchev–Trinajstić information content (AvgIpc) is 2.93. The van der Waals surface area contributed by atoms with E-state index in [0.29, 0.717) is 45.1 Å². The van der Waals surface area contributed by atoms with Gasteiger partial charge in [0.25, 0.3) is 5.56 Å². The third-order valence-corrected chi connectivity index (χ3v) is 7.69. The number of para-hydroxylation sites is 1. The highest BCUT2D eigenvalue weighted by molar-refractivity contribution is 9.10. The molecule has 1 aliphatic rings. The molecule has 1 aliphatic carbocycles. The van der Waals surface area contributed by atoms with E-state index in [4.69, 9.17) is 26.1 Å². The van der Waals surface area contributed by atoms with Crippen LogP contribution in [-0.4, -0.2) is 22.5 Å². The predicted molar refractivity (Wildman–Crippen MR) is 156 cm³/mol. The van der Waals surface area contributed by atoms with Gasteiger partial charge in [-0.2, -0.15) is 9.78 Å². The van der Waals surface area contributed by atoms with Crippen molar-refractivity contribution in [1.29, 1.82) is 0 Å². The molecule has 0 radical (unpaired) electrons. The second kappa shape index (κ2) is 12.1. The molecule has 5 rings (SSSR count). The molecule has 0 aliphatic heterocycles. The fraction of sp³-hybridized carbons (Fsp3) is 0.300. The van der Waals surface area contributed by atoms with Crippen LogP contribution < -0.4 is 15.0 Å². The van der Waals surface area contributed by atoms with Crippen LogP contribution in [0.15, 0.2) is 75.0 Å². The summed E-state index contributed by atoms with van der Waals surface area (Å²) in [4.78, 5) is 18.4.